The van der Waals surface area contributed by atoms with Crippen molar-refractivity contribution in [1.29, 1.82) is 0 Å². The Morgan fingerprint density at radius 2 is 2.14 bits per heavy atom. The lowest BCUT2D eigenvalue weighted by Gasteiger charge is -2.09. The Labute approximate surface area is 83.9 Å². The van der Waals surface area contributed by atoms with Gasteiger partial charge < -0.3 is 4.74 Å². The van der Waals surface area contributed by atoms with Gasteiger partial charge in [-0.25, -0.2) is 0 Å². The lowest BCUT2D eigenvalue weighted by atomic mass is 10.0. The van der Waals surface area contributed by atoms with Crippen molar-refractivity contribution in [3.8, 4) is 5.75 Å². The predicted octanol–water partition coefficient (Wildman–Crippen LogP) is 2.52. The Hall–Kier alpha value is -1.31. The largest absolute Gasteiger partial charge is 0.493 e. The van der Waals surface area contributed by atoms with E-state index in [0.717, 1.165) is 17.7 Å². The fraction of sp³-hybridized carbons (Fsp3) is 0.417. The van der Waals surface area contributed by atoms with Crippen LogP contribution in [0.25, 0.3) is 0 Å². The number of hydrogen-bond donors (Lipinski definition) is 0. The van der Waals surface area contributed by atoms with Crippen LogP contribution in [0.2, 0.25) is 0 Å². The van der Waals surface area contributed by atoms with Gasteiger partial charge in [0.25, 0.3) is 0 Å². The van der Waals surface area contributed by atoms with Crippen LogP contribution in [0.15, 0.2) is 12.1 Å². The molecule has 74 valence electrons. The highest BCUT2D eigenvalue weighted by Gasteiger charge is 2.24. The van der Waals surface area contributed by atoms with Crippen molar-refractivity contribution < 1.29 is 9.53 Å². The third-order valence-corrected chi connectivity index (χ3v) is 2.69. The molecule has 14 heavy (non-hydrogen) atoms. The van der Waals surface area contributed by atoms with Crippen molar-refractivity contribution in [2.45, 2.75) is 26.7 Å². The molecule has 1 aromatic rings. The average Bonchev–Trinajstić information content (AvgIpc) is 2.55. The first-order chi connectivity index (χ1) is 6.74. The molecule has 0 amide bonds. The average molecular weight is 190 g/mol. The summed E-state index contributed by atoms with van der Waals surface area (Å²) in [6.45, 7) is 4.60. The Morgan fingerprint density at radius 1 is 1.36 bits per heavy atom. The van der Waals surface area contributed by atoms with E-state index in [1.807, 2.05) is 26.0 Å². The summed E-state index contributed by atoms with van der Waals surface area (Å²) in [4.78, 5) is 11.6. The van der Waals surface area contributed by atoms with E-state index in [2.05, 4.69) is 0 Å². The van der Waals surface area contributed by atoms with Gasteiger partial charge in [0.2, 0.25) is 0 Å². The molecule has 2 heteroatoms. The van der Waals surface area contributed by atoms with Crippen LogP contribution in [0, 0.1) is 6.92 Å². The summed E-state index contributed by atoms with van der Waals surface area (Å²) in [6, 6.07) is 3.93. The lowest BCUT2D eigenvalue weighted by molar-refractivity contribution is 0.0991. The van der Waals surface area contributed by atoms with E-state index < -0.39 is 0 Å². The normalized spacial score (nSPS) is 14.3. The highest BCUT2D eigenvalue weighted by Crippen LogP contribution is 2.32. The number of Topliss-reactive ketones (excluding diaryl/α,β-unsaturated/α-hetero) is 1. The number of hydrogen-bond acceptors (Lipinski definition) is 2. The van der Waals surface area contributed by atoms with Crippen molar-refractivity contribution >= 4 is 5.78 Å². The van der Waals surface area contributed by atoms with E-state index in [0.29, 0.717) is 13.0 Å². The fourth-order valence-corrected chi connectivity index (χ4v) is 2.00. The molecular weight excluding hydrogens is 176 g/mol. The van der Waals surface area contributed by atoms with Gasteiger partial charge in [0.15, 0.2) is 5.78 Å². The lowest BCUT2D eigenvalue weighted by Crippen LogP contribution is -2.01. The summed E-state index contributed by atoms with van der Waals surface area (Å²) < 4.78 is 5.45. The summed E-state index contributed by atoms with van der Waals surface area (Å²) >= 11 is 0. The zero-order valence-corrected chi connectivity index (χ0v) is 8.59. The molecule has 0 radical (unpaired) electrons. The van der Waals surface area contributed by atoms with Crippen LogP contribution in [0.4, 0.5) is 0 Å². The van der Waals surface area contributed by atoms with Crippen molar-refractivity contribution in [3.05, 3.63) is 28.8 Å². The number of carbonyl (C=O) groups excluding carboxylic acids is 1. The molecule has 0 fully saturated rings. The number of carbonyl (C=O) groups is 1. The standard InChI is InChI=1S/C12H14O2/c1-3-14-11-7-4-8(2)9-5-6-10(13)12(9)11/h4,7H,3,5-6H2,1-2H3. The van der Waals surface area contributed by atoms with Gasteiger partial charge in [-0.1, -0.05) is 6.07 Å². The number of rotatable bonds is 2. The van der Waals surface area contributed by atoms with Crippen molar-refractivity contribution in [3.63, 3.8) is 0 Å². The molecule has 1 aromatic carbocycles. The predicted molar refractivity (Wildman–Crippen MR) is 55.0 cm³/mol. The van der Waals surface area contributed by atoms with E-state index in [-0.39, 0.29) is 5.78 Å². The van der Waals surface area contributed by atoms with Gasteiger partial charge in [-0.15, -0.1) is 0 Å². The molecule has 0 atom stereocenters. The summed E-state index contributed by atoms with van der Waals surface area (Å²) in [5, 5.41) is 0. The van der Waals surface area contributed by atoms with Crippen LogP contribution in [0.1, 0.15) is 34.8 Å². The molecule has 0 N–H and O–H groups in total. The van der Waals surface area contributed by atoms with Gasteiger partial charge >= 0.3 is 0 Å². The van der Waals surface area contributed by atoms with Crippen LogP contribution in [0.5, 0.6) is 5.75 Å². The number of aryl methyl sites for hydroxylation is 1. The van der Waals surface area contributed by atoms with E-state index in [4.69, 9.17) is 4.74 Å². The second kappa shape index (κ2) is 3.45. The van der Waals surface area contributed by atoms with Crippen LogP contribution in [0.3, 0.4) is 0 Å². The molecule has 1 aliphatic rings. The molecular formula is C12H14O2. The summed E-state index contributed by atoms with van der Waals surface area (Å²) in [5.74, 6) is 0.989. The van der Waals surface area contributed by atoms with Gasteiger partial charge in [0.1, 0.15) is 5.75 Å². The second-order valence-corrected chi connectivity index (χ2v) is 3.59. The zero-order valence-electron chi connectivity index (χ0n) is 8.59. The number of fused-ring (bicyclic) bond motifs is 1. The van der Waals surface area contributed by atoms with Gasteiger partial charge in [0, 0.05) is 6.42 Å². The van der Waals surface area contributed by atoms with Crippen molar-refractivity contribution in [2.75, 3.05) is 6.61 Å². The first-order valence-electron chi connectivity index (χ1n) is 5.02. The fourth-order valence-electron chi connectivity index (χ4n) is 2.00. The number of ether oxygens (including phenoxy) is 1. The Kier molecular flexibility index (Phi) is 2.28. The van der Waals surface area contributed by atoms with E-state index in [9.17, 15) is 4.79 Å². The molecule has 0 aromatic heterocycles. The quantitative estimate of drug-likeness (QED) is 0.716. The van der Waals surface area contributed by atoms with Gasteiger partial charge in [-0.2, -0.15) is 0 Å². The van der Waals surface area contributed by atoms with E-state index in [1.165, 1.54) is 11.1 Å². The maximum absolute atomic E-state index is 11.6. The highest BCUT2D eigenvalue weighted by molar-refractivity contribution is 6.03. The highest BCUT2D eigenvalue weighted by atomic mass is 16.5. The Morgan fingerprint density at radius 3 is 2.86 bits per heavy atom. The molecule has 0 aliphatic heterocycles. The minimum absolute atomic E-state index is 0.229. The first kappa shape index (κ1) is 9.25. The van der Waals surface area contributed by atoms with Gasteiger partial charge in [-0.05, 0) is 37.5 Å². The molecule has 0 bridgehead atoms. The zero-order chi connectivity index (χ0) is 10.1. The van der Waals surface area contributed by atoms with Gasteiger partial charge in [0.05, 0.1) is 12.2 Å². The number of benzene rings is 1. The number of ketones is 1. The van der Waals surface area contributed by atoms with Crippen LogP contribution in [-0.2, 0) is 6.42 Å². The molecule has 0 saturated heterocycles. The molecule has 0 spiro atoms. The summed E-state index contributed by atoms with van der Waals surface area (Å²) in [6.07, 6.45) is 1.52. The second-order valence-electron chi connectivity index (χ2n) is 3.59. The molecule has 0 heterocycles. The maximum Gasteiger partial charge on any atom is 0.167 e. The summed E-state index contributed by atoms with van der Waals surface area (Å²) in [7, 11) is 0. The Balaban J connectivity index is 2.54. The van der Waals surface area contributed by atoms with Gasteiger partial charge in [-0.3, -0.25) is 4.79 Å². The third kappa shape index (κ3) is 1.31. The topological polar surface area (TPSA) is 26.3 Å². The molecule has 2 nitrogen and oxygen atoms in total. The molecule has 1 aliphatic carbocycles. The minimum atomic E-state index is 0.229. The smallest absolute Gasteiger partial charge is 0.167 e. The van der Waals surface area contributed by atoms with Crippen LogP contribution >= 0.6 is 0 Å². The minimum Gasteiger partial charge on any atom is -0.493 e. The van der Waals surface area contributed by atoms with E-state index in [1.54, 1.807) is 0 Å². The van der Waals surface area contributed by atoms with Crippen LogP contribution in [-0.4, -0.2) is 12.4 Å². The molecule has 2 rings (SSSR count). The first-order valence-corrected chi connectivity index (χ1v) is 5.02. The molecule has 0 unspecified atom stereocenters. The van der Waals surface area contributed by atoms with Crippen molar-refractivity contribution in [2.24, 2.45) is 0 Å². The third-order valence-electron chi connectivity index (χ3n) is 2.69. The van der Waals surface area contributed by atoms with Crippen molar-refractivity contribution in [1.82, 2.24) is 0 Å². The monoisotopic (exact) mass is 190 g/mol. The summed E-state index contributed by atoms with van der Waals surface area (Å²) in [5.41, 5.74) is 3.21. The molecule has 0 saturated carbocycles. The maximum atomic E-state index is 11.6. The Bertz CT molecular complexity index is 380. The SMILES string of the molecule is CCOc1ccc(C)c2c1C(=O)CC2. The van der Waals surface area contributed by atoms with E-state index >= 15 is 0 Å². The van der Waals surface area contributed by atoms with Crippen LogP contribution < -0.4 is 4.74 Å².